The highest BCUT2D eigenvalue weighted by molar-refractivity contribution is 7.84. The second-order valence-corrected chi connectivity index (χ2v) is 6.59. The molecule has 0 aromatic carbocycles. The Morgan fingerprint density at radius 1 is 1.33 bits per heavy atom. The first-order valence-electron chi connectivity index (χ1n) is 6.48. The zero-order chi connectivity index (χ0) is 13.5. The van der Waals surface area contributed by atoms with Crippen LogP contribution in [-0.4, -0.2) is 77.7 Å². The maximum atomic E-state index is 11.9. The van der Waals surface area contributed by atoms with Crippen LogP contribution in [0.5, 0.6) is 0 Å². The third-order valence-corrected chi connectivity index (χ3v) is 4.11. The van der Waals surface area contributed by atoms with E-state index in [-0.39, 0.29) is 11.9 Å². The number of likely N-dealkylation sites (N-methyl/N-ethyl adjacent to an activating group) is 1. The van der Waals surface area contributed by atoms with Crippen LogP contribution in [-0.2, 0) is 15.6 Å². The van der Waals surface area contributed by atoms with Gasteiger partial charge in [0.25, 0.3) is 0 Å². The summed E-state index contributed by atoms with van der Waals surface area (Å²) in [4.78, 5) is 16.1. The smallest absolute Gasteiger partial charge is 0.236 e. The molecule has 1 rings (SSSR count). The number of nitrogens with one attached hydrogen (secondary N) is 1. The van der Waals surface area contributed by atoms with Gasteiger partial charge in [-0.1, -0.05) is 0 Å². The van der Waals surface area contributed by atoms with Crippen LogP contribution >= 0.6 is 0 Å². The van der Waals surface area contributed by atoms with Gasteiger partial charge in [0.2, 0.25) is 5.91 Å². The Hall–Kier alpha value is -0.460. The van der Waals surface area contributed by atoms with Crippen molar-refractivity contribution in [2.75, 3.05) is 51.8 Å². The molecule has 1 aliphatic rings. The quantitative estimate of drug-likeness (QED) is 0.710. The number of hydrogen-bond acceptors (Lipinski definition) is 4. The number of piperazine rings is 1. The molecule has 0 saturated carbocycles. The van der Waals surface area contributed by atoms with Crippen molar-refractivity contribution in [3.63, 3.8) is 0 Å². The number of carbonyl (C=O) groups excluding carboxylic acids is 1. The molecule has 18 heavy (non-hydrogen) atoms. The maximum absolute atomic E-state index is 11.9. The van der Waals surface area contributed by atoms with E-state index in [1.165, 1.54) is 0 Å². The Kier molecular flexibility index (Phi) is 6.81. The standard InChI is InChI=1S/C12H25N3O2S/c1-11(4-9-18(3)17)13-10-12(16)15-7-5-14(2)6-8-15/h11,13H,4-10H2,1-3H3. The Morgan fingerprint density at radius 2 is 1.94 bits per heavy atom. The molecule has 2 atom stereocenters. The molecule has 1 aliphatic heterocycles. The van der Waals surface area contributed by atoms with Crippen molar-refractivity contribution >= 4 is 16.7 Å². The monoisotopic (exact) mass is 275 g/mol. The molecule has 1 saturated heterocycles. The minimum Gasteiger partial charge on any atom is -0.339 e. The lowest BCUT2D eigenvalue weighted by atomic mass is 10.2. The molecule has 106 valence electrons. The van der Waals surface area contributed by atoms with Crippen molar-refractivity contribution < 1.29 is 9.00 Å². The summed E-state index contributed by atoms with van der Waals surface area (Å²) >= 11 is 0. The van der Waals surface area contributed by atoms with E-state index in [9.17, 15) is 9.00 Å². The van der Waals surface area contributed by atoms with Gasteiger partial charge in [-0.05, 0) is 20.4 Å². The molecule has 0 radical (unpaired) electrons. The van der Waals surface area contributed by atoms with Crippen LogP contribution in [0, 0.1) is 0 Å². The molecule has 1 fully saturated rings. The van der Waals surface area contributed by atoms with Gasteiger partial charge in [-0.3, -0.25) is 9.00 Å². The zero-order valence-corrected chi connectivity index (χ0v) is 12.5. The lowest BCUT2D eigenvalue weighted by Crippen LogP contribution is -2.50. The van der Waals surface area contributed by atoms with E-state index in [1.807, 2.05) is 11.8 Å². The topological polar surface area (TPSA) is 52.7 Å². The molecule has 1 N–H and O–H groups in total. The summed E-state index contributed by atoms with van der Waals surface area (Å²) in [5.41, 5.74) is 0. The van der Waals surface area contributed by atoms with Gasteiger partial charge in [0.15, 0.2) is 0 Å². The van der Waals surface area contributed by atoms with Crippen molar-refractivity contribution in [3.8, 4) is 0 Å². The fourth-order valence-corrected chi connectivity index (χ4v) is 2.56. The molecular weight excluding hydrogens is 250 g/mol. The van der Waals surface area contributed by atoms with Crippen LogP contribution in [0.2, 0.25) is 0 Å². The summed E-state index contributed by atoms with van der Waals surface area (Å²) in [5.74, 6) is 0.865. The second kappa shape index (κ2) is 7.86. The van der Waals surface area contributed by atoms with E-state index in [1.54, 1.807) is 6.26 Å². The van der Waals surface area contributed by atoms with Gasteiger partial charge in [0.05, 0.1) is 6.54 Å². The second-order valence-electron chi connectivity index (χ2n) is 5.03. The molecule has 6 heteroatoms. The Bertz CT molecular complexity index is 291. The fourth-order valence-electron chi connectivity index (χ4n) is 1.87. The van der Waals surface area contributed by atoms with Gasteiger partial charge in [-0.2, -0.15) is 0 Å². The SMILES string of the molecule is CC(CCS(C)=O)NCC(=O)N1CCN(C)CC1. The Balaban J connectivity index is 2.18. The van der Waals surface area contributed by atoms with Gasteiger partial charge in [0, 0.05) is 55.0 Å². The largest absolute Gasteiger partial charge is 0.339 e. The first kappa shape index (κ1) is 15.6. The molecule has 0 spiro atoms. The number of amides is 1. The zero-order valence-electron chi connectivity index (χ0n) is 11.6. The van der Waals surface area contributed by atoms with Crippen molar-refractivity contribution in [2.45, 2.75) is 19.4 Å². The molecular formula is C12H25N3O2S. The van der Waals surface area contributed by atoms with Crippen molar-refractivity contribution in [1.82, 2.24) is 15.1 Å². The third kappa shape index (κ3) is 5.93. The minimum absolute atomic E-state index is 0.174. The summed E-state index contributed by atoms with van der Waals surface area (Å²) in [5, 5.41) is 3.21. The lowest BCUT2D eigenvalue weighted by Gasteiger charge is -2.32. The molecule has 0 bridgehead atoms. The highest BCUT2D eigenvalue weighted by Crippen LogP contribution is 1.99. The van der Waals surface area contributed by atoms with E-state index in [0.29, 0.717) is 12.3 Å². The van der Waals surface area contributed by atoms with E-state index in [4.69, 9.17) is 0 Å². The first-order valence-corrected chi connectivity index (χ1v) is 8.21. The van der Waals surface area contributed by atoms with E-state index < -0.39 is 10.8 Å². The summed E-state index contributed by atoms with van der Waals surface area (Å²) in [6, 6.07) is 0.241. The first-order chi connectivity index (χ1) is 8.49. The van der Waals surface area contributed by atoms with E-state index in [0.717, 1.165) is 32.6 Å². The average Bonchev–Trinajstić information content (AvgIpc) is 2.34. The number of hydrogen-bond donors (Lipinski definition) is 1. The Labute approximate surface area is 112 Å². The maximum Gasteiger partial charge on any atom is 0.236 e. The number of nitrogens with zero attached hydrogens (tertiary/aromatic N) is 2. The van der Waals surface area contributed by atoms with E-state index >= 15 is 0 Å². The average molecular weight is 275 g/mol. The third-order valence-electron chi connectivity index (χ3n) is 3.30. The molecule has 0 aromatic heterocycles. The summed E-state index contributed by atoms with van der Waals surface area (Å²) in [6.45, 7) is 5.98. The summed E-state index contributed by atoms with van der Waals surface area (Å²) in [6.07, 6.45) is 2.56. The van der Waals surface area contributed by atoms with Gasteiger partial charge in [0.1, 0.15) is 0 Å². The number of rotatable bonds is 6. The van der Waals surface area contributed by atoms with Gasteiger partial charge in [-0.25, -0.2) is 0 Å². The van der Waals surface area contributed by atoms with Crippen LogP contribution in [0.4, 0.5) is 0 Å². The predicted octanol–water partition coefficient (Wildman–Crippen LogP) is -0.493. The highest BCUT2D eigenvalue weighted by atomic mass is 32.2. The predicted molar refractivity (Wildman–Crippen MR) is 75.1 cm³/mol. The van der Waals surface area contributed by atoms with Crippen LogP contribution in [0.25, 0.3) is 0 Å². The summed E-state index contributed by atoms with van der Waals surface area (Å²) < 4.78 is 11.0. The van der Waals surface area contributed by atoms with Crippen LogP contribution in [0.3, 0.4) is 0 Å². The molecule has 0 aromatic rings. The lowest BCUT2D eigenvalue weighted by molar-refractivity contribution is -0.131. The van der Waals surface area contributed by atoms with Crippen LogP contribution < -0.4 is 5.32 Å². The van der Waals surface area contributed by atoms with Crippen molar-refractivity contribution in [3.05, 3.63) is 0 Å². The normalized spacial score (nSPS) is 20.7. The fraction of sp³-hybridized carbons (Fsp3) is 0.917. The summed E-state index contributed by atoms with van der Waals surface area (Å²) in [7, 11) is 1.33. The van der Waals surface area contributed by atoms with Gasteiger partial charge >= 0.3 is 0 Å². The van der Waals surface area contributed by atoms with Crippen LogP contribution in [0.15, 0.2) is 0 Å². The highest BCUT2D eigenvalue weighted by Gasteiger charge is 2.18. The van der Waals surface area contributed by atoms with Crippen molar-refractivity contribution in [1.29, 1.82) is 0 Å². The molecule has 2 unspecified atom stereocenters. The minimum atomic E-state index is -0.750. The van der Waals surface area contributed by atoms with Gasteiger partial charge in [-0.15, -0.1) is 0 Å². The van der Waals surface area contributed by atoms with Crippen LogP contribution in [0.1, 0.15) is 13.3 Å². The number of carbonyl (C=O) groups is 1. The van der Waals surface area contributed by atoms with Crippen molar-refractivity contribution in [2.24, 2.45) is 0 Å². The van der Waals surface area contributed by atoms with Gasteiger partial charge < -0.3 is 15.1 Å². The molecule has 0 aliphatic carbocycles. The molecule has 5 nitrogen and oxygen atoms in total. The molecule has 1 amide bonds. The molecule has 1 heterocycles. The van der Waals surface area contributed by atoms with E-state index in [2.05, 4.69) is 17.3 Å². The Morgan fingerprint density at radius 3 is 2.50 bits per heavy atom.